The minimum Gasteiger partial charge on any atom is -0.345 e. The van der Waals surface area contributed by atoms with E-state index in [4.69, 9.17) is 0 Å². The summed E-state index contributed by atoms with van der Waals surface area (Å²) in [7, 11) is 0. The largest absolute Gasteiger partial charge is 0.345 e. The molecule has 4 rings (SSSR count). The number of hydrogen-bond acceptors (Lipinski definition) is 3. The monoisotopic (exact) mass is 334 g/mol. The first-order valence-corrected chi connectivity index (χ1v) is 8.81. The lowest BCUT2D eigenvalue weighted by Crippen LogP contribution is -2.37. The first-order valence-electron chi connectivity index (χ1n) is 8.81. The van der Waals surface area contributed by atoms with Gasteiger partial charge in [0.2, 0.25) is 0 Å². The third kappa shape index (κ3) is 3.42. The summed E-state index contributed by atoms with van der Waals surface area (Å²) in [4.78, 5) is 22.7. The zero-order valence-corrected chi connectivity index (χ0v) is 14.1. The van der Waals surface area contributed by atoms with Gasteiger partial charge in [0.05, 0.1) is 11.6 Å². The second kappa shape index (κ2) is 7.07. The second-order valence-corrected chi connectivity index (χ2v) is 6.55. The molecule has 2 aromatic heterocycles. The lowest BCUT2D eigenvalue weighted by Gasteiger charge is -2.25. The van der Waals surface area contributed by atoms with Gasteiger partial charge in [0.15, 0.2) is 0 Å². The van der Waals surface area contributed by atoms with Gasteiger partial charge in [-0.25, -0.2) is 4.98 Å². The summed E-state index contributed by atoms with van der Waals surface area (Å²) in [6, 6.07) is 14.0. The number of carbonyl (C=O) groups is 1. The molecular formula is C20H22N4O. The van der Waals surface area contributed by atoms with Gasteiger partial charge in [-0.15, -0.1) is 0 Å². The van der Waals surface area contributed by atoms with Crippen LogP contribution in [0.15, 0.2) is 54.9 Å². The van der Waals surface area contributed by atoms with Crippen molar-refractivity contribution in [2.45, 2.75) is 18.9 Å². The predicted octanol–water partition coefficient (Wildman–Crippen LogP) is 3.13. The molecule has 1 aliphatic rings. The van der Waals surface area contributed by atoms with Crippen LogP contribution in [-0.4, -0.2) is 40.4 Å². The maximum Gasteiger partial charge on any atom is 0.254 e. The molecule has 5 heteroatoms. The van der Waals surface area contributed by atoms with Gasteiger partial charge < -0.3 is 15.2 Å². The molecular weight excluding hydrogens is 312 g/mol. The van der Waals surface area contributed by atoms with E-state index in [1.165, 1.54) is 12.8 Å². The summed E-state index contributed by atoms with van der Waals surface area (Å²) < 4.78 is 0. The van der Waals surface area contributed by atoms with E-state index in [1.54, 1.807) is 12.4 Å². The zero-order valence-electron chi connectivity index (χ0n) is 14.1. The maximum atomic E-state index is 12.9. The molecule has 0 aliphatic carbocycles. The highest BCUT2D eigenvalue weighted by molar-refractivity contribution is 6.06. The van der Waals surface area contributed by atoms with Crippen LogP contribution in [0.1, 0.15) is 34.8 Å². The Morgan fingerprint density at radius 1 is 1.16 bits per heavy atom. The summed E-state index contributed by atoms with van der Waals surface area (Å²) in [6.07, 6.45) is 5.94. The predicted molar refractivity (Wildman–Crippen MR) is 98.4 cm³/mol. The average Bonchev–Trinajstić information content (AvgIpc) is 3.31. The van der Waals surface area contributed by atoms with Crippen molar-refractivity contribution in [3.63, 3.8) is 0 Å². The summed E-state index contributed by atoms with van der Waals surface area (Å²) in [5.41, 5.74) is 2.52. The molecule has 1 unspecified atom stereocenters. The van der Waals surface area contributed by atoms with E-state index >= 15 is 0 Å². The SMILES string of the molecule is O=C(NC(CN1CCCC1)c1ccccc1)c1c[nH]c2ncccc12. The normalized spacial score (nSPS) is 16.2. The molecule has 0 bridgehead atoms. The third-order valence-corrected chi connectivity index (χ3v) is 4.84. The highest BCUT2D eigenvalue weighted by Crippen LogP contribution is 2.20. The summed E-state index contributed by atoms with van der Waals surface area (Å²) >= 11 is 0. The number of hydrogen-bond donors (Lipinski definition) is 2. The van der Waals surface area contributed by atoms with Crippen molar-refractivity contribution >= 4 is 16.9 Å². The van der Waals surface area contributed by atoms with Gasteiger partial charge in [0, 0.05) is 24.3 Å². The summed E-state index contributed by atoms with van der Waals surface area (Å²) in [6.45, 7) is 3.06. The number of nitrogens with zero attached hydrogens (tertiary/aromatic N) is 2. The van der Waals surface area contributed by atoms with E-state index in [9.17, 15) is 4.79 Å². The Labute approximate surface area is 147 Å². The Hall–Kier alpha value is -2.66. The van der Waals surface area contributed by atoms with E-state index in [0.717, 1.165) is 36.2 Å². The van der Waals surface area contributed by atoms with E-state index in [-0.39, 0.29) is 11.9 Å². The van der Waals surface area contributed by atoms with Crippen molar-refractivity contribution in [2.24, 2.45) is 0 Å². The van der Waals surface area contributed by atoms with Gasteiger partial charge in [-0.05, 0) is 43.6 Å². The summed E-state index contributed by atoms with van der Waals surface area (Å²) in [5.74, 6) is -0.0627. The lowest BCUT2D eigenvalue weighted by molar-refractivity contribution is 0.0929. The molecule has 1 saturated heterocycles. The molecule has 1 fully saturated rings. The van der Waals surface area contributed by atoms with Crippen LogP contribution in [0.4, 0.5) is 0 Å². The number of amides is 1. The van der Waals surface area contributed by atoms with Crippen molar-refractivity contribution in [3.05, 3.63) is 66.0 Å². The molecule has 3 aromatic rings. The van der Waals surface area contributed by atoms with E-state index in [1.807, 2.05) is 30.3 Å². The van der Waals surface area contributed by atoms with Gasteiger partial charge in [0.1, 0.15) is 5.65 Å². The van der Waals surface area contributed by atoms with Crippen LogP contribution in [0.2, 0.25) is 0 Å². The van der Waals surface area contributed by atoms with E-state index < -0.39 is 0 Å². The Kier molecular flexibility index (Phi) is 4.48. The number of nitrogens with one attached hydrogen (secondary N) is 2. The quantitative estimate of drug-likeness (QED) is 0.753. The Bertz CT molecular complexity index is 852. The molecule has 1 aromatic carbocycles. The molecule has 1 atom stereocenters. The Balaban J connectivity index is 1.58. The molecule has 0 radical (unpaired) electrons. The van der Waals surface area contributed by atoms with Crippen molar-refractivity contribution in [3.8, 4) is 0 Å². The van der Waals surface area contributed by atoms with Gasteiger partial charge in [-0.2, -0.15) is 0 Å². The number of aromatic nitrogens is 2. The van der Waals surface area contributed by atoms with E-state index in [2.05, 4.69) is 32.3 Å². The number of benzene rings is 1. The van der Waals surface area contributed by atoms with E-state index in [0.29, 0.717) is 5.56 Å². The molecule has 0 spiro atoms. The van der Waals surface area contributed by atoms with Crippen LogP contribution < -0.4 is 5.32 Å². The molecule has 128 valence electrons. The molecule has 1 aliphatic heterocycles. The highest BCUT2D eigenvalue weighted by atomic mass is 16.1. The molecule has 1 amide bonds. The maximum absolute atomic E-state index is 12.9. The number of aromatic amines is 1. The highest BCUT2D eigenvalue weighted by Gasteiger charge is 2.22. The minimum absolute atomic E-state index is 0.0200. The first kappa shape index (κ1) is 15.8. The van der Waals surface area contributed by atoms with Crippen LogP contribution >= 0.6 is 0 Å². The Morgan fingerprint density at radius 2 is 1.96 bits per heavy atom. The van der Waals surface area contributed by atoms with Crippen molar-refractivity contribution in [2.75, 3.05) is 19.6 Å². The number of likely N-dealkylation sites (tertiary alicyclic amines) is 1. The molecule has 2 N–H and O–H groups in total. The average molecular weight is 334 g/mol. The summed E-state index contributed by atoms with van der Waals surface area (Å²) in [5, 5.41) is 4.08. The van der Waals surface area contributed by atoms with Crippen LogP contribution in [0.3, 0.4) is 0 Å². The number of pyridine rings is 1. The fraction of sp³-hybridized carbons (Fsp3) is 0.300. The van der Waals surface area contributed by atoms with Gasteiger partial charge in [0.25, 0.3) is 5.91 Å². The van der Waals surface area contributed by atoms with Crippen LogP contribution in [0.5, 0.6) is 0 Å². The molecule has 25 heavy (non-hydrogen) atoms. The first-order chi connectivity index (χ1) is 12.3. The van der Waals surface area contributed by atoms with Crippen LogP contribution in [0.25, 0.3) is 11.0 Å². The molecule has 3 heterocycles. The number of fused-ring (bicyclic) bond motifs is 1. The lowest BCUT2D eigenvalue weighted by atomic mass is 10.1. The van der Waals surface area contributed by atoms with Gasteiger partial charge in [-0.3, -0.25) is 4.79 Å². The number of rotatable bonds is 5. The van der Waals surface area contributed by atoms with Crippen LogP contribution in [0, 0.1) is 0 Å². The molecule has 0 saturated carbocycles. The van der Waals surface area contributed by atoms with Gasteiger partial charge >= 0.3 is 0 Å². The minimum atomic E-state index is -0.0627. The smallest absolute Gasteiger partial charge is 0.254 e. The van der Waals surface area contributed by atoms with Crippen molar-refractivity contribution in [1.82, 2.24) is 20.2 Å². The zero-order chi connectivity index (χ0) is 17.1. The van der Waals surface area contributed by atoms with Crippen molar-refractivity contribution < 1.29 is 4.79 Å². The third-order valence-electron chi connectivity index (χ3n) is 4.84. The van der Waals surface area contributed by atoms with Crippen LogP contribution in [-0.2, 0) is 0 Å². The fourth-order valence-corrected chi connectivity index (χ4v) is 3.52. The van der Waals surface area contributed by atoms with Crippen molar-refractivity contribution in [1.29, 1.82) is 0 Å². The second-order valence-electron chi connectivity index (χ2n) is 6.55. The number of H-pyrrole nitrogens is 1. The van der Waals surface area contributed by atoms with Gasteiger partial charge in [-0.1, -0.05) is 30.3 Å². The Morgan fingerprint density at radius 3 is 2.76 bits per heavy atom. The molecule has 5 nitrogen and oxygen atoms in total. The standard InChI is InChI=1S/C20H22N4O/c25-20(17-13-22-19-16(17)9-6-10-21-19)23-18(14-24-11-4-5-12-24)15-7-2-1-3-8-15/h1-3,6-10,13,18H,4-5,11-12,14H2,(H,21,22)(H,23,25). The fourth-order valence-electron chi connectivity index (χ4n) is 3.52. The number of carbonyl (C=O) groups excluding carboxylic acids is 1. The topological polar surface area (TPSA) is 61.0 Å².